The second-order valence-corrected chi connectivity index (χ2v) is 5.57. The molecule has 0 bridgehead atoms. The van der Waals surface area contributed by atoms with Crippen molar-refractivity contribution in [3.05, 3.63) is 29.6 Å². The maximum Gasteiger partial charge on any atom is 0.309 e. The van der Waals surface area contributed by atoms with E-state index in [-0.39, 0.29) is 24.2 Å². The standard InChI is InChI=1S/C15H19FN2O4/c1-9(19)18-12-8-10(4-5-11(12)16)13(20)17-7-6-15(2,3)14(21)22/h4-5,8H,6-7H2,1-3H3,(H,17,20)(H,18,19)(H,21,22). The van der Waals surface area contributed by atoms with Gasteiger partial charge in [0.1, 0.15) is 5.82 Å². The zero-order chi connectivity index (χ0) is 16.9. The Morgan fingerprint density at radius 1 is 1.27 bits per heavy atom. The monoisotopic (exact) mass is 310 g/mol. The lowest BCUT2D eigenvalue weighted by Gasteiger charge is -2.19. The summed E-state index contributed by atoms with van der Waals surface area (Å²) in [6.07, 6.45) is 0.258. The molecule has 0 saturated carbocycles. The summed E-state index contributed by atoms with van der Waals surface area (Å²) in [6.45, 7) is 4.54. The lowest BCUT2D eigenvalue weighted by molar-refractivity contribution is -0.147. The second kappa shape index (κ2) is 7.02. The van der Waals surface area contributed by atoms with Crippen molar-refractivity contribution in [2.75, 3.05) is 11.9 Å². The van der Waals surface area contributed by atoms with Crippen LogP contribution in [0.1, 0.15) is 37.6 Å². The molecule has 0 fully saturated rings. The van der Waals surface area contributed by atoms with Gasteiger partial charge >= 0.3 is 5.97 Å². The highest BCUT2D eigenvalue weighted by molar-refractivity contribution is 5.96. The number of rotatable bonds is 6. The summed E-state index contributed by atoms with van der Waals surface area (Å²) < 4.78 is 13.5. The van der Waals surface area contributed by atoms with Crippen LogP contribution in [0.5, 0.6) is 0 Å². The van der Waals surface area contributed by atoms with Gasteiger partial charge in [0.25, 0.3) is 5.91 Å². The zero-order valence-electron chi connectivity index (χ0n) is 12.7. The third kappa shape index (κ3) is 4.83. The molecule has 0 unspecified atom stereocenters. The van der Waals surface area contributed by atoms with E-state index in [0.29, 0.717) is 0 Å². The Balaban J connectivity index is 2.70. The molecule has 0 aromatic heterocycles. The van der Waals surface area contributed by atoms with Gasteiger partial charge in [-0.15, -0.1) is 0 Å². The predicted molar refractivity (Wildman–Crippen MR) is 79.1 cm³/mol. The number of carboxylic acid groups (broad SMARTS) is 1. The molecule has 0 saturated heterocycles. The number of carbonyl (C=O) groups excluding carboxylic acids is 2. The van der Waals surface area contributed by atoms with Crippen molar-refractivity contribution in [2.24, 2.45) is 5.41 Å². The highest BCUT2D eigenvalue weighted by atomic mass is 19.1. The minimum Gasteiger partial charge on any atom is -0.481 e. The molecule has 6 nitrogen and oxygen atoms in total. The van der Waals surface area contributed by atoms with Crippen molar-refractivity contribution in [2.45, 2.75) is 27.2 Å². The van der Waals surface area contributed by atoms with Gasteiger partial charge in [-0.3, -0.25) is 14.4 Å². The van der Waals surface area contributed by atoms with E-state index in [2.05, 4.69) is 10.6 Å². The van der Waals surface area contributed by atoms with Gasteiger partial charge in [0, 0.05) is 19.0 Å². The first-order valence-electron chi connectivity index (χ1n) is 6.72. The van der Waals surface area contributed by atoms with Gasteiger partial charge in [-0.05, 0) is 38.5 Å². The van der Waals surface area contributed by atoms with E-state index >= 15 is 0 Å². The van der Waals surface area contributed by atoms with Crippen LogP contribution in [0.2, 0.25) is 0 Å². The van der Waals surface area contributed by atoms with Gasteiger partial charge in [0.15, 0.2) is 0 Å². The average molecular weight is 310 g/mol. The van der Waals surface area contributed by atoms with E-state index in [1.165, 1.54) is 19.1 Å². The van der Waals surface area contributed by atoms with Crippen molar-refractivity contribution in [1.29, 1.82) is 0 Å². The summed E-state index contributed by atoms with van der Waals surface area (Å²) in [5.41, 5.74) is -0.846. The molecule has 0 aliphatic carbocycles. The first-order valence-corrected chi connectivity index (χ1v) is 6.72. The van der Waals surface area contributed by atoms with Crippen LogP contribution in [0, 0.1) is 11.2 Å². The van der Waals surface area contributed by atoms with E-state index in [4.69, 9.17) is 5.11 Å². The number of carboxylic acids is 1. The van der Waals surface area contributed by atoms with E-state index < -0.39 is 29.0 Å². The van der Waals surface area contributed by atoms with E-state index in [1.807, 2.05) is 0 Å². The molecule has 7 heteroatoms. The van der Waals surface area contributed by atoms with E-state index in [0.717, 1.165) is 6.07 Å². The normalized spacial score (nSPS) is 10.9. The Bertz CT molecular complexity index is 599. The Morgan fingerprint density at radius 2 is 1.91 bits per heavy atom. The van der Waals surface area contributed by atoms with Gasteiger partial charge in [0.05, 0.1) is 11.1 Å². The minimum absolute atomic E-state index is 0.0778. The minimum atomic E-state index is -0.948. The summed E-state index contributed by atoms with van der Waals surface area (Å²) >= 11 is 0. The van der Waals surface area contributed by atoms with Crippen molar-refractivity contribution < 1.29 is 23.9 Å². The molecule has 0 radical (unpaired) electrons. The van der Waals surface area contributed by atoms with Gasteiger partial charge in [-0.2, -0.15) is 0 Å². The number of carbonyl (C=O) groups is 3. The number of benzene rings is 1. The summed E-state index contributed by atoms with van der Waals surface area (Å²) in [6, 6.07) is 3.61. The molecular formula is C15H19FN2O4. The van der Waals surface area contributed by atoms with Crippen molar-refractivity contribution in [1.82, 2.24) is 5.32 Å². The maximum atomic E-state index is 13.5. The van der Waals surface area contributed by atoms with Crippen molar-refractivity contribution in [3.63, 3.8) is 0 Å². The molecule has 1 rings (SSSR count). The van der Waals surface area contributed by atoms with Crippen LogP contribution in [0.3, 0.4) is 0 Å². The Kier molecular flexibility index (Phi) is 5.62. The largest absolute Gasteiger partial charge is 0.481 e. The number of nitrogens with one attached hydrogen (secondary N) is 2. The van der Waals surface area contributed by atoms with Crippen molar-refractivity contribution in [3.8, 4) is 0 Å². The molecular weight excluding hydrogens is 291 g/mol. The quantitative estimate of drug-likeness (QED) is 0.749. The SMILES string of the molecule is CC(=O)Nc1cc(C(=O)NCCC(C)(C)C(=O)O)ccc1F. The topological polar surface area (TPSA) is 95.5 Å². The average Bonchev–Trinajstić information content (AvgIpc) is 2.40. The predicted octanol–water partition coefficient (Wildman–Crippen LogP) is 2.01. The fourth-order valence-electron chi connectivity index (χ4n) is 1.65. The zero-order valence-corrected chi connectivity index (χ0v) is 12.7. The van der Waals surface area contributed by atoms with Gasteiger partial charge < -0.3 is 15.7 Å². The van der Waals surface area contributed by atoms with Gasteiger partial charge in [-0.1, -0.05) is 0 Å². The van der Waals surface area contributed by atoms with Crippen LogP contribution in [0.4, 0.5) is 10.1 Å². The first kappa shape index (κ1) is 17.6. The second-order valence-electron chi connectivity index (χ2n) is 5.57. The maximum absolute atomic E-state index is 13.5. The van der Waals surface area contributed by atoms with Crippen LogP contribution in [-0.2, 0) is 9.59 Å². The van der Waals surface area contributed by atoms with Crippen LogP contribution in [-0.4, -0.2) is 29.4 Å². The molecule has 0 aliphatic heterocycles. The highest BCUT2D eigenvalue weighted by Gasteiger charge is 2.26. The molecule has 0 aliphatic rings. The third-order valence-electron chi connectivity index (χ3n) is 3.15. The fraction of sp³-hybridized carbons (Fsp3) is 0.400. The fourth-order valence-corrected chi connectivity index (χ4v) is 1.65. The molecule has 0 atom stereocenters. The van der Waals surface area contributed by atoms with Crippen LogP contribution < -0.4 is 10.6 Å². The molecule has 1 aromatic carbocycles. The lowest BCUT2D eigenvalue weighted by Crippen LogP contribution is -2.32. The smallest absolute Gasteiger partial charge is 0.309 e. The molecule has 3 N–H and O–H groups in total. The summed E-state index contributed by atoms with van der Waals surface area (Å²) in [5.74, 6) is -2.50. The Labute approximate surface area is 127 Å². The molecule has 22 heavy (non-hydrogen) atoms. The highest BCUT2D eigenvalue weighted by Crippen LogP contribution is 2.20. The summed E-state index contributed by atoms with van der Waals surface area (Å²) in [5, 5.41) is 13.8. The molecule has 0 heterocycles. The van der Waals surface area contributed by atoms with E-state index in [9.17, 15) is 18.8 Å². The Hall–Kier alpha value is -2.44. The van der Waals surface area contributed by atoms with Crippen LogP contribution in [0.25, 0.3) is 0 Å². The number of halogens is 1. The first-order chi connectivity index (χ1) is 10.1. The van der Waals surface area contributed by atoms with Crippen molar-refractivity contribution >= 4 is 23.5 Å². The van der Waals surface area contributed by atoms with Crippen LogP contribution in [0.15, 0.2) is 18.2 Å². The van der Waals surface area contributed by atoms with Gasteiger partial charge in [0.2, 0.25) is 5.91 Å². The van der Waals surface area contributed by atoms with Gasteiger partial charge in [-0.25, -0.2) is 4.39 Å². The Morgan fingerprint density at radius 3 is 2.45 bits per heavy atom. The summed E-state index contributed by atoms with van der Waals surface area (Å²) in [7, 11) is 0. The number of aliphatic carboxylic acids is 1. The number of amides is 2. The molecule has 120 valence electrons. The number of hydrogen-bond donors (Lipinski definition) is 3. The number of anilines is 1. The number of hydrogen-bond acceptors (Lipinski definition) is 3. The van der Waals surface area contributed by atoms with Crippen LogP contribution >= 0.6 is 0 Å². The molecule has 0 spiro atoms. The van der Waals surface area contributed by atoms with E-state index in [1.54, 1.807) is 13.8 Å². The summed E-state index contributed by atoms with van der Waals surface area (Å²) in [4.78, 5) is 33.9. The molecule has 1 aromatic rings. The third-order valence-corrected chi connectivity index (χ3v) is 3.15. The lowest BCUT2D eigenvalue weighted by atomic mass is 9.90. The molecule has 2 amide bonds.